The van der Waals surface area contributed by atoms with Gasteiger partial charge in [0.1, 0.15) is 0 Å². The van der Waals surface area contributed by atoms with Gasteiger partial charge in [-0.15, -0.1) is 11.8 Å². The van der Waals surface area contributed by atoms with Gasteiger partial charge in [0.25, 0.3) is 0 Å². The Kier molecular flexibility index (Phi) is 4.45. The molecule has 2 heterocycles. The van der Waals surface area contributed by atoms with Crippen LogP contribution in [0, 0.1) is 0 Å². The quantitative estimate of drug-likeness (QED) is 0.780. The highest BCUT2D eigenvalue weighted by Crippen LogP contribution is 2.27. The first kappa shape index (κ1) is 12.2. The predicted molar refractivity (Wildman–Crippen MR) is 68.9 cm³/mol. The zero-order valence-electron chi connectivity index (χ0n) is 9.13. The van der Waals surface area contributed by atoms with Crippen LogP contribution < -0.4 is 5.73 Å². The molecule has 1 atom stereocenters. The van der Waals surface area contributed by atoms with Crippen molar-refractivity contribution in [1.29, 1.82) is 0 Å². The van der Waals surface area contributed by atoms with Crippen molar-refractivity contribution in [2.45, 2.75) is 23.1 Å². The van der Waals surface area contributed by atoms with E-state index in [1.807, 2.05) is 6.20 Å². The molecule has 0 spiro atoms. The summed E-state index contributed by atoms with van der Waals surface area (Å²) >= 11 is 3.33. The molecule has 4 nitrogen and oxygen atoms in total. The summed E-state index contributed by atoms with van der Waals surface area (Å²) in [7, 11) is 0. The SMILES string of the molecule is Nc1ncc(SCCN2CCCC2CO)s1. The standard InChI is InChI=1S/C10H17N3OS2/c11-10-12-6-9(16-10)15-5-4-13-3-1-2-8(13)7-14/h6,8,14H,1-5,7H2,(H2,11,12). The molecule has 0 bridgehead atoms. The number of aliphatic hydroxyl groups is 1. The first-order valence-corrected chi connectivity index (χ1v) is 7.29. The van der Waals surface area contributed by atoms with E-state index >= 15 is 0 Å². The molecule has 1 aliphatic heterocycles. The normalized spacial score (nSPS) is 21.7. The van der Waals surface area contributed by atoms with E-state index in [9.17, 15) is 5.11 Å². The lowest BCUT2D eigenvalue weighted by Crippen LogP contribution is -2.33. The van der Waals surface area contributed by atoms with Gasteiger partial charge in [-0.05, 0) is 19.4 Å². The molecule has 0 saturated carbocycles. The molecule has 0 aromatic carbocycles. The van der Waals surface area contributed by atoms with Gasteiger partial charge in [-0.3, -0.25) is 4.90 Å². The Labute approximate surface area is 104 Å². The van der Waals surface area contributed by atoms with Crippen molar-refractivity contribution in [3.63, 3.8) is 0 Å². The predicted octanol–water partition coefficient (Wildman–Crippen LogP) is 1.27. The van der Waals surface area contributed by atoms with Crippen LogP contribution in [0.1, 0.15) is 12.8 Å². The Bertz CT molecular complexity index is 332. The molecule has 0 aliphatic carbocycles. The number of anilines is 1. The number of rotatable bonds is 5. The molecule has 1 aromatic heterocycles. The number of aromatic nitrogens is 1. The highest BCUT2D eigenvalue weighted by atomic mass is 32.2. The van der Waals surface area contributed by atoms with Gasteiger partial charge in [-0.25, -0.2) is 4.98 Å². The van der Waals surface area contributed by atoms with E-state index in [0.717, 1.165) is 25.3 Å². The maximum Gasteiger partial charge on any atom is 0.181 e. The van der Waals surface area contributed by atoms with E-state index in [-0.39, 0.29) is 6.61 Å². The highest BCUT2D eigenvalue weighted by molar-refractivity contribution is 8.01. The van der Waals surface area contributed by atoms with Crippen molar-refractivity contribution in [3.8, 4) is 0 Å². The van der Waals surface area contributed by atoms with Crippen molar-refractivity contribution < 1.29 is 5.11 Å². The molecule has 1 aromatic rings. The molecule has 90 valence electrons. The van der Waals surface area contributed by atoms with Crippen molar-refractivity contribution in [2.24, 2.45) is 0 Å². The summed E-state index contributed by atoms with van der Waals surface area (Å²) in [6.45, 7) is 2.45. The molecular formula is C10H17N3OS2. The van der Waals surface area contributed by atoms with Gasteiger partial charge in [-0.2, -0.15) is 0 Å². The summed E-state index contributed by atoms with van der Waals surface area (Å²) in [6.07, 6.45) is 4.18. The average Bonchev–Trinajstić information content (AvgIpc) is 2.87. The number of hydrogen-bond donors (Lipinski definition) is 2. The minimum atomic E-state index is 0.290. The van der Waals surface area contributed by atoms with E-state index < -0.39 is 0 Å². The highest BCUT2D eigenvalue weighted by Gasteiger charge is 2.22. The van der Waals surface area contributed by atoms with Gasteiger partial charge in [0.15, 0.2) is 5.13 Å². The molecule has 0 radical (unpaired) electrons. The summed E-state index contributed by atoms with van der Waals surface area (Å²) in [5.74, 6) is 1.04. The third-order valence-corrected chi connectivity index (χ3v) is 4.84. The number of nitrogens with zero attached hydrogens (tertiary/aromatic N) is 2. The molecule has 1 saturated heterocycles. The third-order valence-electron chi connectivity index (χ3n) is 2.84. The summed E-state index contributed by atoms with van der Waals surface area (Å²) in [6, 6.07) is 0.382. The summed E-state index contributed by atoms with van der Waals surface area (Å²) in [5.41, 5.74) is 5.57. The minimum Gasteiger partial charge on any atom is -0.395 e. The number of thioether (sulfide) groups is 1. The van der Waals surface area contributed by atoms with Gasteiger partial charge >= 0.3 is 0 Å². The maximum absolute atomic E-state index is 9.18. The number of nitrogens with two attached hydrogens (primary N) is 1. The Balaban J connectivity index is 1.71. The monoisotopic (exact) mass is 259 g/mol. The smallest absolute Gasteiger partial charge is 0.181 e. The number of likely N-dealkylation sites (tertiary alicyclic amines) is 1. The zero-order chi connectivity index (χ0) is 11.4. The number of nitrogen functional groups attached to an aromatic ring is 1. The van der Waals surface area contributed by atoms with Gasteiger partial charge in [0, 0.05) is 18.3 Å². The molecule has 1 aliphatic rings. The van der Waals surface area contributed by atoms with Gasteiger partial charge in [0.05, 0.1) is 17.0 Å². The molecule has 16 heavy (non-hydrogen) atoms. The fourth-order valence-electron chi connectivity index (χ4n) is 2.00. The number of thiazole rings is 1. The molecule has 0 amide bonds. The number of hydrogen-bond acceptors (Lipinski definition) is 6. The second-order valence-corrected chi connectivity index (χ2v) is 6.34. The zero-order valence-corrected chi connectivity index (χ0v) is 10.8. The van der Waals surface area contributed by atoms with E-state index in [1.54, 1.807) is 11.8 Å². The molecule has 1 fully saturated rings. The Morgan fingerprint density at radius 1 is 1.69 bits per heavy atom. The van der Waals surface area contributed by atoms with Gasteiger partial charge < -0.3 is 10.8 Å². The van der Waals surface area contributed by atoms with E-state index in [2.05, 4.69) is 9.88 Å². The first-order valence-electron chi connectivity index (χ1n) is 5.48. The Morgan fingerprint density at radius 2 is 2.56 bits per heavy atom. The fourth-order valence-corrected chi connectivity index (χ4v) is 3.81. The van der Waals surface area contributed by atoms with Crippen LogP contribution in [0.5, 0.6) is 0 Å². The molecule has 3 N–H and O–H groups in total. The van der Waals surface area contributed by atoms with Crippen LogP contribution in [-0.4, -0.2) is 46.5 Å². The van der Waals surface area contributed by atoms with Crippen LogP contribution in [0.15, 0.2) is 10.4 Å². The lowest BCUT2D eigenvalue weighted by Gasteiger charge is -2.21. The summed E-state index contributed by atoms with van der Waals surface area (Å²) in [5, 5.41) is 9.82. The van der Waals surface area contributed by atoms with Crippen LogP contribution >= 0.6 is 23.1 Å². The lowest BCUT2D eigenvalue weighted by molar-refractivity contribution is 0.165. The second-order valence-electron chi connectivity index (χ2n) is 3.88. The van der Waals surface area contributed by atoms with Crippen LogP contribution in [0.3, 0.4) is 0 Å². The fraction of sp³-hybridized carbons (Fsp3) is 0.700. The second kappa shape index (κ2) is 5.86. The first-order chi connectivity index (χ1) is 7.79. The lowest BCUT2D eigenvalue weighted by atomic mass is 10.2. The van der Waals surface area contributed by atoms with Gasteiger partial charge in [0.2, 0.25) is 0 Å². The van der Waals surface area contributed by atoms with Crippen LogP contribution in [0.4, 0.5) is 5.13 Å². The van der Waals surface area contributed by atoms with E-state index in [4.69, 9.17) is 5.73 Å². The number of aliphatic hydroxyl groups excluding tert-OH is 1. The molecule has 6 heteroatoms. The Hall–Kier alpha value is -0.300. The largest absolute Gasteiger partial charge is 0.395 e. The topological polar surface area (TPSA) is 62.4 Å². The summed E-state index contributed by atoms with van der Waals surface area (Å²) in [4.78, 5) is 6.39. The minimum absolute atomic E-state index is 0.290. The average molecular weight is 259 g/mol. The molecule has 1 unspecified atom stereocenters. The van der Waals surface area contributed by atoms with Gasteiger partial charge in [-0.1, -0.05) is 11.3 Å². The van der Waals surface area contributed by atoms with E-state index in [1.165, 1.54) is 22.0 Å². The maximum atomic E-state index is 9.18. The van der Waals surface area contributed by atoms with Crippen molar-refractivity contribution in [3.05, 3.63) is 6.20 Å². The van der Waals surface area contributed by atoms with Crippen LogP contribution in [-0.2, 0) is 0 Å². The molecule has 2 rings (SSSR count). The van der Waals surface area contributed by atoms with Crippen molar-refractivity contribution in [1.82, 2.24) is 9.88 Å². The van der Waals surface area contributed by atoms with Crippen LogP contribution in [0.25, 0.3) is 0 Å². The van der Waals surface area contributed by atoms with Crippen LogP contribution in [0.2, 0.25) is 0 Å². The molecular weight excluding hydrogens is 242 g/mol. The van der Waals surface area contributed by atoms with Crippen molar-refractivity contribution in [2.75, 3.05) is 31.2 Å². The Morgan fingerprint density at radius 3 is 3.25 bits per heavy atom. The van der Waals surface area contributed by atoms with Crippen molar-refractivity contribution >= 4 is 28.2 Å². The summed E-state index contributed by atoms with van der Waals surface area (Å²) < 4.78 is 1.18. The third kappa shape index (κ3) is 3.10. The van der Waals surface area contributed by atoms with E-state index in [0.29, 0.717) is 11.2 Å².